The van der Waals surface area contributed by atoms with Crippen LogP contribution in [0.4, 0.5) is 5.69 Å². The Morgan fingerprint density at radius 2 is 1.95 bits per heavy atom. The van der Waals surface area contributed by atoms with E-state index in [1.807, 2.05) is 24.3 Å². The summed E-state index contributed by atoms with van der Waals surface area (Å²) >= 11 is 5.41. The van der Waals surface area contributed by atoms with Crippen molar-refractivity contribution in [2.45, 2.75) is 6.92 Å². The minimum atomic E-state index is 0.0640. The summed E-state index contributed by atoms with van der Waals surface area (Å²) in [4.78, 5) is 15.8. The molecule has 1 aromatic rings. The number of rotatable bonds is 2. The van der Waals surface area contributed by atoms with Gasteiger partial charge in [-0.2, -0.15) is 0 Å². The zero-order valence-electron chi connectivity index (χ0n) is 11.3. The summed E-state index contributed by atoms with van der Waals surface area (Å²) in [6.07, 6.45) is 0. The Bertz CT molecular complexity index is 481. The van der Waals surface area contributed by atoms with Crippen LogP contribution in [0.25, 0.3) is 0 Å². The third kappa shape index (κ3) is 3.75. The van der Waals surface area contributed by atoms with Crippen molar-refractivity contribution in [3.05, 3.63) is 29.8 Å². The van der Waals surface area contributed by atoms with Crippen molar-refractivity contribution in [2.75, 3.05) is 38.5 Å². The number of hydrogen-bond acceptors (Lipinski definition) is 3. The zero-order valence-corrected chi connectivity index (χ0v) is 12.2. The molecule has 19 heavy (non-hydrogen) atoms. The molecule has 1 aliphatic heterocycles. The molecule has 4 nitrogen and oxygen atoms in total. The largest absolute Gasteiger partial charge is 0.346 e. The molecule has 1 heterocycles. The average molecular weight is 277 g/mol. The highest BCUT2D eigenvalue weighted by molar-refractivity contribution is 7.80. The third-order valence-electron chi connectivity index (χ3n) is 3.31. The van der Waals surface area contributed by atoms with Gasteiger partial charge in [0.25, 0.3) is 0 Å². The van der Waals surface area contributed by atoms with Gasteiger partial charge in [-0.05, 0) is 38.3 Å². The van der Waals surface area contributed by atoms with Crippen molar-refractivity contribution in [3.8, 4) is 0 Å². The molecule has 0 bridgehead atoms. The second-order valence-corrected chi connectivity index (χ2v) is 5.24. The topological polar surface area (TPSA) is 35.6 Å². The molecule has 2 rings (SSSR count). The van der Waals surface area contributed by atoms with Crippen molar-refractivity contribution in [1.29, 1.82) is 0 Å². The maximum Gasteiger partial charge on any atom is 0.173 e. The summed E-state index contributed by atoms with van der Waals surface area (Å²) in [6.45, 7) is 5.49. The number of benzene rings is 1. The first-order valence-electron chi connectivity index (χ1n) is 6.42. The van der Waals surface area contributed by atoms with Crippen LogP contribution >= 0.6 is 12.2 Å². The molecule has 0 aromatic heterocycles. The number of nitrogens with one attached hydrogen (secondary N) is 1. The van der Waals surface area contributed by atoms with Crippen molar-refractivity contribution < 1.29 is 4.79 Å². The van der Waals surface area contributed by atoms with E-state index in [2.05, 4.69) is 22.2 Å². The SMILES string of the molecule is CC(=O)c1cccc(NC(=S)N2CCN(C)CC2)c1. The van der Waals surface area contributed by atoms with E-state index in [1.54, 1.807) is 6.92 Å². The molecule has 0 spiro atoms. The minimum Gasteiger partial charge on any atom is -0.346 e. The van der Waals surface area contributed by atoms with E-state index in [1.165, 1.54) is 0 Å². The molecule has 0 atom stereocenters. The van der Waals surface area contributed by atoms with Gasteiger partial charge in [-0.3, -0.25) is 4.79 Å². The lowest BCUT2D eigenvalue weighted by atomic mass is 10.1. The number of likely N-dealkylation sites (N-methyl/N-ethyl adjacent to an activating group) is 1. The smallest absolute Gasteiger partial charge is 0.173 e. The van der Waals surface area contributed by atoms with Gasteiger partial charge >= 0.3 is 0 Å². The van der Waals surface area contributed by atoms with Crippen molar-refractivity contribution >= 4 is 28.8 Å². The minimum absolute atomic E-state index is 0.0640. The molecule has 0 radical (unpaired) electrons. The van der Waals surface area contributed by atoms with E-state index < -0.39 is 0 Å². The molecule has 0 unspecified atom stereocenters. The first kappa shape index (κ1) is 14.0. The molecular formula is C14H19N3OS. The third-order valence-corrected chi connectivity index (χ3v) is 3.67. The van der Waals surface area contributed by atoms with Gasteiger partial charge < -0.3 is 15.1 Å². The molecule has 102 valence electrons. The van der Waals surface area contributed by atoms with E-state index in [0.29, 0.717) is 5.56 Å². The van der Waals surface area contributed by atoms with Crippen LogP contribution in [0.1, 0.15) is 17.3 Å². The fourth-order valence-electron chi connectivity index (χ4n) is 2.03. The van der Waals surface area contributed by atoms with Gasteiger partial charge in [-0.1, -0.05) is 12.1 Å². The summed E-state index contributed by atoms with van der Waals surface area (Å²) in [6, 6.07) is 7.44. The molecule has 1 N–H and O–H groups in total. The standard InChI is InChI=1S/C14H19N3OS/c1-11(18)12-4-3-5-13(10-12)15-14(19)17-8-6-16(2)7-9-17/h3-5,10H,6-9H2,1-2H3,(H,15,19). The number of nitrogens with zero attached hydrogens (tertiary/aromatic N) is 2. The zero-order chi connectivity index (χ0) is 13.8. The highest BCUT2D eigenvalue weighted by Gasteiger charge is 2.16. The molecule has 5 heteroatoms. The molecule has 1 aliphatic rings. The number of Topliss-reactive ketones (excluding diaryl/α,β-unsaturated/α-hetero) is 1. The lowest BCUT2D eigenvalue weighted by Crippen LogP contribution is -2.48. The quantitative estimate of drug-likeness (QED) is 0.659. The number of anilines is 1. The number of piperazine rings is 1. The van der Waals surface area contributed by atoms with Gasteiger partial charge in [0.05, 0.1) is 0 Å². The monoisotopic (exact) mass is 277 g/mol. The Morgan fingerprint density at radius 3 is 2.58 bits per heavy atom. The van der Waals surface area contributed by atoms with Crippen molar-refractivity contribution in [2.24, 2.45) is 0 Å². The van der Waals surface area contributed by atoms with Gasteiger partial charge in [0.15, 0.2) is 10.9 Å². The number of carbonyl (C=O) groups is 1. The van der Waals surface area contributed by atoms with Crippen LogP contribution < -0.4 is 5.32 Å². The molecule has 0 saturated carbocycles. The van der Waals surface area contributed by atoms with Crippen molar-refractivity contribution in [1.82, 2.24) is 9.80 Å². The van der Waals surface area contributed by atoms with Gasteiger partial charge in [-0.25, -0.2) is 0 Å². The summed E-state index contributed by atoms with van der Waals surface area (Å²) in [7, 11) is 2.12. The highest BCUT2D eigenvalue weighted by Crippen LogP contribution is 2.12. The van der Waals surface area contributed by atoms with Gasteiger partial charge in [0, 0.05) is 37.4 Å². The van der Waals surface area contributed by atoms with Gasteiger partial charge in [0.1, 0.15) is 0 Å². The number of ketones is 1. The molecule has 1 fully saturated rings. The highest BCUT2D eigenvalue weighted by atomic mass is 32.1. The molecule has 0 amide bonds. The summed E-state index contributed by atoms with van der Waals surface area (Å²) in [5.74, 6) is 0.0640. The Hall–Kier alpha value is -1.46. The Labute approximate surface area is 119 Å². The number of thiocarbonyl (C=S) groups is 1. The number of carbonyl (C=O) groups excluding carboxylic acids is 1. The van der Waals surface area contributed by atoms with Crippen LogP contribution in [0.5, 0.6) is 0 Å². The maximum absolute atomic E-state index is 11.3. The van der Waals surface area contributed by atoms with Gasteiger partial charge in [0.2, 0.25) is 0 Å². The van der Waals surface area contributed by atoms with Crippen LogP contribution in [-0.4, -0.2) is 53.9 Å². The molecule has 1 aromatic carbocycles. The first-order valence-corrected chi connectivity index (χ1v) is 6.82. The van der Waals surface area contributed by atoms with E-state index >= 15 is 0 Å². The summed E-state index contributed by atoms with van der Waals surface area (Å²) in [5, 5.41) is 3.94. The Balaban J connectivity index is 1.98. The van der Waals surface area contributed by atoms with Crippen LogP contribution in [0, 0.1) is 0 Å². The Morgan fingerprint density at radius 1 is 1.26 bits per heavy atom. The molecular weight excluding hydrogens is 258 g/mol. The first-order chi connectivity index (χ1) is 9.06. The fraction of sp³-hybridized carbons (Fsp3) is 0.429. The summed E-state index contributed by atoms with van der Waals surface area (Å²) < 4.78 is 0. The summed E-state index contributed by atoms with van der Waals surface area (Å²) in [5.41, 5.74) is 1.57. The molecule has 0 aliphatic carbocycles. The maximum atomic E-state index is 11.3. The van der Waals surface area contributed by atoms with E-state index in [9.17, 15) is 4.79 Å². The average Bonchev–Trinajstić information content (AvgIpc) is 2.39. The van der Waals surface area contributed by atoms with E-state index in [4.69, 9.17) is 12.2 Å². The van der Waals surface area contributed by atoms with Crippen molar-refractivity contribution in [3.63, 3.8) is 0 Å². The van der Waals surface area contributed by atoms with Gasteiger partial charge in [-0.15, -0.1) is 0 Å². The van der Waals surface area contributed by atoms with Crippen LogP contribution in [0.2, 0.25) is 0 Å². The lowest BCUT2D eigenvalue weighted by Gasteiger charge is -2.34. The fourth-order valence-corrected chi connectivity index (χ4v) is 2.33. The van der Waals surface area contributed by atoms with E-state index in [-0.39, 0.29) is 5.78 Å². The van der Waals surface area contributed by atoms with Crippen LogP contribution in [0.3, 0.4) is 0 Å². The van der Waals surface area contributed by atoms with E-state index in [0.717, 1.165) is 37.0 Å². The predicted octanol–water partition coefficient (Wildman–Crippen LogP) is 1.83. The lowest BCUT2D eigenvalue weighted by molar-refractivity contribution is 0.101. The molecule has 1 saturated heterocycles. The Kier molecular flexibility index (Phi) is 4.50. The second kappa shape index (κ2) is 6.12. The van der Waals surface area contributed by atoms with Crippen LogP contribution in [0.15, 0.2) is 24.3 Å². The normalized spacial score (nSPS) is 16.2. The second-order valence-electron chi connectivity index (χ2n) is 4.86. The predicted molar refractivity (Wildman–Crippen MR) is 81.7 cm³/mol. The number of hydrogen-bond donors (Lipinski definition) is 1. The van der Waals surface area contributed by atoms with Crippen LogP contribution in [-0.2, 0) is 0 Å².